The number of fused-ring (bicyclic) bond motifs is 3. The van der Waals surface area contributed by atoms with E-state index in [1.54, 1.807) is 12.3 Å². The van der Waals surface area contributed by atoms with Crippen LogP contribution in [0, 0.1) is 5.92 Å². The number of halogens is 3. The molecule has 31 heavy (non-hydrogen) atoms. The molecular formula is C21H18F3N5O2. The van der Waals surface area contributed by atoms with Gasteiger partial charge in [-0.1, -0.05) is 0 Å². The predicted octanol–water partition coefficient (Wildman–Crippen LogP) is 3.50. The monoisotopic (exact) mass is 429 g/mol. The first-order valence-corrected chi connectivity index (χ1v) is 9.83. The van der Waals surface area contributed by atoms with Gasteiger partial charge in [-0.05, 0) is 43.5 Å². The van der Waals surface area contributed by atoms with E-state index in [1.807, 2.05) is 0 Å². The molecular weight excluding hydrogens is 411 g/mol. The zero-order valence-electron chi connectivity index (χ0n) is 16.2. The lowest BCUT2D eigenvalue weighted by Gasteiger charge is -2.28. The van der Waals surface area contributed by atoms with Gasteiger partial charge in [-0.15, -0.1) is 10.2 Å². The molecule has 1 aliphatic carbocycles. The number of benzene rings is 1. The molecule has 2 aliphatic rings. The number of aromatic nitrogens is 3. The van der Waals surface area contributed by atoms with Crippen molar-refractivity contribution in [3.05, 3.63) is 42.2 Å². The van der Waals surface area contributed by atoms with Crippen LogP contribution in [0.25, 0.3) is 22.0 Å². The molecule has 1 amide bonds. The fraction of sp³-hybridized carbons (Fsp3) is 0.333. The Kier molecular flexibility index (Phi) is 4.28. The molecule has 10 heteroatoms. The van der Waals surface area contributed by atoms with Crippen molar-refractivity contribution in [2.24, 2.45) is 5.92 Å². The van der Waals surface area contributed by atoms with Gasteiger partial charge in [0.05, 0.1) is 11.1 Å². The van der Waals surface area contributed by atoms with Crippen LogP contribution in [0.2, 0.25) is 0 Å². The number of hydrogen-bond donors (Lipinski definition) is 3. The SMILES string of the molecule is O=C1NC2(CNc3nnc(-c4ccc(C(F)(F)F)cc4O)c4ccncc34)CCC1C2. The maximum atomic E-state index is 12.9. The summed E-state index contributed by atoms with van der Waals surface area (Å²) in [6.07, 6.45) is 1.09. The van der Waals surface area contributed by atoms with Gasteiger partial charge < -0.3 is 15.7 Å². The lowest BCUT2D eigenvalue weighted by molar-refractivity contribution is -0.137. The first-order chi connectivity index (χ1) is 14.8. The quantitative estimate of drug-likeness (QED) is 0.587. The Balaban J connectivity index is 1.49. The molecule has 2 aromatic heterocycles. The summed E-state index contributed by atoms with van der Waals surface area (Å²) in [7, 11) is 0. The average Bonchev–Trinajstić information content (AvgIpc) is 3.29. The minimum atomic E-state index is -4.56. The smallest absolute Gasteiger partial charge is 0.416 e. The van der Waals surface area contributed by atoms with Gasteiger partial charge in [0.2, 0.25) is 5.91 Å². The number of nitrogens with one attached hydrogen (secondary N) is 2. The Labute approximate surface area is 174 Å². The Hall–Kier alpha value is -3.43. The fourth-order valence-corrected chi connectivity index (χ4v) is 4.52. The average molecular weight is 429 g/mol. The largest absolute Gasteiger partial charge is 0.507 e. The molecule has 3 heterocycles. The molecule has 1 aliphatic heterocycles. The standard InChI is InChI=1S/C21H18F3N5O2/c22-21(23,24)12-1-2-14(16(30)7-12)17-13-4-6-25-9-15(13)18(29-28-17)26-10-20-5-3-11(8-20)19(31)27-20/h1-2,4,6-7,9,11,30H,3,5,8,10H2,(H,26,29)(H,27,31). The van der Waals surface area contributed by atoms with Crippen molar-refractivity contribution in [2.45, 2.75) is 31.0 Å². The van der Waals surface area contributed by atoms with E-state index in [4.69, 9.17) is 0 Å². The van der Waals surface area contributed by atoms with Gasteiger partial charge in [-0.2, -0.15) is 13.2 Å². The summed E-state index contributed by atoms with van der Waals surface area (Å²) in [5.74, 6) is 0.0693. The first kappa shape index (κ1) is 19.5. The molecule has 1 saturated carbocycles. The lowest BCUT2D eigenvalue weighted by Crippen LogP contribution is -2.48. The number of anilines is 1. The van der Waals surface area contributed by atoms with Gasteiger partial charge >= 0.3 is 6.18 Å². The minimum Gasteiger partial charge on any atom is -0.507 e. The fourth-order valence-electron chi connectivity index (χ4n) is 4.52. The Bertz CT molecular complexity index is 1200. The number of pyridine rings is 1. The van der Waals surface area contributed by atoms with Gasteiger partial charge in [-0.25, -0.2) is 0 Å². The number of hydrogen-bond acceptors (Lipinski definition) is 6. The zero-order chi connectivity index (χ0) is 21.8. The number of phenolic OH excluding ortho intramolecular Hbond substituents is 1. The first-order valence-electron chi connectivity index (χ1n) is 9.83. The number of carbonyl (C=O) groups excluding carboxylic acids is 1. The molecule has 5 rings (SSSR count). The summed E-state index contributed by atoms with van der Waals surface area (Å²) in [5, 5.41) is 26.1. The topological polar surface area (TPSA) is 100 Å². The van der Waals surface area contributed by atoms with Crippen LogP contribution in [0.4, 0.5) is 19.0 Å². The summed E-state index contributed by atoms with van der Waals surface area (Å²) in [6.45, 7) is 0.485. The number of piperidine rings is 1. The number of aromatic hydroxyl groups is 1. The van der Waals surface area contributed by atoms with Crippen LogP contribution in [0.3, 0.4) is 0 Å². The molecule has 2 unspecified atom stereocenters. The third-order valence-electron chi connectivity index (χ3n) is 6.12. The van der Waals surface area contributed by atoms with E-state index in [0.29, 0.717) is 29.2 Å². The van der Waals surface area contributed by atoms with Crippen molar-refractivity contribution in [1.82, 2.24) is 20.5 Å². The molecule has 2 atom stereocenters. The van der Waals surface area contributed by atoms with Crippen molar-refractivity contribution >= 4 is 22.5 Å². The molecule has 2 fully saturated rings. The number of carbonyl (C=O) groups is 1. The third-order valence-corrected chi connectivity index (χ3v) is 6.12. The highest BCUT2D eigenvalue weighted by Crippen LogP contribution is 2.41. The van der Waals surface area contributed by atoms with E-state index in [9.17, 15) is 23.1 Å². The van der Waals surface area contributed by atoms with Crippen LogP contribution in [-0.4, -0.2) is 38.3 Å². The normalized spacial score (nSPS) is 22.7. The highest BCUT2D eigenvalue weighted by Gasteiger charge is 2.49. The van der Waals surface area contributed by atoms with E-state index < -0.39 is 17.5 Å². The van der Waals surface area contributed by atoms with Crippen molar-refractivity contribution in [3.8, 4) is 17.0 Å². The predicted molar refractivity (Wildman–Crippen MR) is 106 cm³/mol. The van der Waals surface area contributed by atoms with E-state index in [-0.39, 0.29) is 28.6 Å². The van der Waals surface area contributed by atoms with Crippen molar-refractivity contribution < 1.29 is 23.1 Å². The molecule has 0 radical (unpaired) electrons. The van der Waals surface area contributed by atoms with Crippen molar-refractivity contribution in [2.75, 3.05) is 11.9 Å². The molecule has 160 valence electrons. The Morgan fingerprint density at radius 1 is 1.23 bits per heavy atom. The van der Waals surface area contributed by atoms with Gasteiger partial charge in [0.25, 0.3) is 0 Å². The number of alkyl halides is 3. The molecule has 3 aromatic rings. The van der Waals surface area contributed by atoms with Crippen LogP contribution >= 0.6 is 0 Å². The van der Waals surface area contributed by atoms with Gasteiger partial charge in [0.15, 0.2) is 5.82 Å². The van der Waals surface area contributed by atoms with Gasteiger partial charge in [0.1, 0.15) is 11.4 Å². The van der Waals surface area contributed by atoms with E-state index in [0.717, 1.165) is 25.3 Å². The molecule has 3 N–H and O–H groups in total. The summed E-state index contributed by atoms with van der Waals surface area (Å²) in [6, 6.07) is 4.42. The molecule has 2 bridgehead atoms. The summed E-state index contributed by atoms with van der Waals surface area (Å²) in [5.41, 5.74) is -0.854. The minimum absolute atomic E-state index is 0.0660. The summed E-state index contributed by atoms with van der Waals surface area (Å²) < 4.78 is 38.8. The second-order valence-electron chi connectivity index (χ2n) is 8.11. The Morgan fingerprint density at radius 3 is 2.74 bits per heavy atom. The van der Waals surface area contributed by atoms with E-state index >= 15 is 0 Å². The van der Waals surface area contributed by atoms with Crippen molar-refractivity contribution in [3.63, 3.8) is 0 Å². The molecule has 1 saturated heterocycles. The number of phenols is 1. The van der Waals surface area contributed by atoms with Crippen LogP contribution in [-0.2, 0) is 11.0 Å². The lowest BCUT2D eigenvalue weighted by atomic mass is 9.99. The second kappa shape index (κ2) is 6.79. The molecule has 7 nitrogen and oxygen atoms in total. The highest BCUT2D eigenvalue weighted by atomic mass is 19.4. The van der Waals surface area contributed by atoms with Crippen molar-refractivity contribution in [1.29, 1.82) is 0 Å². The number of amides is 1. The zero-order valence-corrected chi connectivity index (χ0v) is 16.2. The van der Waals surface area contributed by atoms with Gasteiger partial charge in [0, 0.05) is 41.2 Å². The van der Waals surface area contributed by atoms with Crippen LogP contribution in [0.1, 0.15) is 24.8 Å². The number of rotatable bonds is 4. The third kappa shape index (κ3) is 3.31. The van der Waals surface area contributed by atoms with Crippen LogP contribution in [0.5, 0.6) is 5.75 Å². The van der Waals surface area contributed by atoms with E-state index in [2.05, 4.69) is 25.8 Å². The molecule has 0 spiro atoms. The maximum Gasteiger partial charge on any atom is 0.416 e. The van der Waals surface area contributed by atoms with Crippen LogP contribution in [0.15, 0.2) is 36.7 Å². The Morgan fingerprint density at radius 2 is 2.06 bits per heavy atom. The second-order valence-corrected chi connectivity index (χ2v) is 8.11. The summed E-state index contributed by atoms with van der Waals surface area (Å²) in [4.78, 5) is 16.0. The number of nitrogens with zero attached hydrogens (tertiary/aromatic N) is 3. The molecule has 1 aromatic carbocycles. The van der Waals surface area contributed by atoms with E-state index in [1.165, 1.54) is 12.3 Å². The van der Waals surface area contributed by atoms with Gasteiger partial charge in [-0.3, -0.25) is 9.78 Å². The summed E-state index contributed by atoms with van der Waals surface area (Å²) >= 11 is 0. The highest BCUT2D eigenvalue weighted by molar-refractivity contribution is 6.00. The van der Waals surface area contributed by atoms with Crippen LogP contribution < -0.4 is 10.6 Å². The maximum absolute atomic E-state index is 12.9.